The zero-order valence-corrected chi connectivity index (χ0v) is 12.6. The highest BCUT2D eigenvalue weighted by Gasteiger charge is 2.11. The largest absolute Gasteiger partial charge is 0.366 e. The van der Waals surface area contributed by atoms with E-state index < -0.39 is 0 Å². The third-order valence-electron chi connectivity index (χ3n) is 2.76. The van der Waals surface area contributed by atoms with Crippen molar-refractivity contribution in [2.45, 2.75) is 52.0 Å². The van der Waals surface area contributed by atoms with Gasteiger partial charge in [0.2, 0.25) is 5.95 Å². The maximum absolute atomic E-state index is 5.32. The molecule has 1 heterocycles. The number of halogens is 1. The Morgan fingerprint density at radius 3 is 2.72 bits per heavy atom. The van der Waals surface area contributed by atoms with E-state index in [1.165, 1.54) is 12.8 Å². The van der Waals surface area contributed by atoms with Crippen molar-refractivity contribution in [2.75, 3.05) is 10.7 Å². The number of hydrogen-bond acceptors (Lipinski definition) is 5. The fourth-order valence-electron chi connectivity index (χ4n) is 1.82. The first-order valence-electron chi connectivity index (χ1n) is 6.46. The molecule has 1 aromatic rings. The molecule has 0 saturated carbocycles. The van der Waals surface area contributed by atoms with Gasteiger partial charge in [-0.3, -0.25) is 5.43 Å². The van der Waals surface area contributed by atoms with Crippen LogP contribution in [0.2, 0.25) is 0 Å². The Morgan fingerprint density at radius 2 is 2.11 bits per heavy atom. The SMILES string of the molecule is CCCCC(CCC)Nc1nc(NN)ncc1Br. The zero-order chi connectivity index (χ0) is 13.4. The van der Waals surface area contributed by atoms with Crippen LogP contribution in [0.1, 0.15) is 46.0 Å². The Hall–Kier alpha value is -0.880. The van der Waals surface area contributed by atoms with Gasteiger partial charge < -0.3 is 5.32 Å². The number of nitrogens with two attached hydrogens (primary N) is 1. The second kappa shape index (κ2) is 8.26. The number of hydrogen-bond donors (Lipinski definition) is 3. The molecule has 0 fully saturated rings. The molecule has 0 spiro atoms. The monoisotopic (exact) mass is 315 g/mol. The maximum Gasteiger partial charge on any atom is 0.239 e. The van der Waals surface area contributed by atoms with Crippen molar-refractivity contribution in [3.63, 3.8) is 0 Å². The lowest BCUT2D eigenvalue weighted by molar-refractivity contribution is 0.562. The molecule has 0 saturated heterocycles. The van der Waals surface area contributed by atoms with Gasteiger partial charge in [0.1, 0.15) is 5.82 Å². The van der Waals surface area contributed by atoms with Crippen LogP contribution in [0.25, 0.3) is 0 Å². The normalized spacial score (nSPS) is 12.2. The fourth-order valence-corrected chi connectivity index (χ4v) is 2.12. The average Bonchev–Trinajstić information content (AvgIpc) is 2.38. The van der Waals surface area contributed by atoms with Crippen molar-refractivity contribution in [3.8, 4) is 0 Å². The molecule has 0 aliphatic rings. The molecule has 1 aromatic heterocycles. The highest BCUT2D eigenvalue weighted by molar-refractivity contribution is 9.10. The predicted molar refractivity (Wildman–Crippen MR) is 79.4 cm³/mol. The molecule has 4 N–H and O–H groups in total. The molecule has 0 aliphatic heterocycles. The third-order valence-corrected chi connectivity index (χ3v) is 3.34. The molecule has 18 heavy (non-hydrogen) atoms. The Balaban J connectivity index is 2.72. The van der Waals surface area contributed by atoms with Gasteiger partial charge in [-0.05, 0) is 28.8 Å². The molecule has 0 aliphatic carbocycles. The molecule has 1 atom stereocenters. The topological polar surface area (TPSA) is 75.9 Å². The molecular weight excluding hydrogens is 294 g/mol. The highest BCUT2D eigenvalue weighted by Crippen LogP contribution is 2.22. The number of anilines is 2. The van der Waals surface area contributed by atoms with Crippen molar-refractivity contribution in [2.24, 2.45) is 5.84 Å². The fraction of sp³-hybridized carbons (Fsp3) is 0.667. The van der Waals surface area contributed by atoms with E-state index in [2.05, 4.69) is 50.5 Å². The van der Waals surface area contributed by atoms with Crippen molar-refractivity contribution < 1.29 is 0 Å². The standard InChI is InChI=1S/C12H22BrN5/c1-3-5-7-9(6-4-2)16-11-10(13)8-15-12(17-11)18-14/h8-9H,3-7,14H2,1-2H3,(H2,15,16,17,18). The van der Waals surface area contributed by atoms with Crippen LogP contribution < -0.4 is 16.6 Å². The summed E-state index contributed by atoms with van der Waals surface area (Å²) in [6, 6.07) is 0.451. The van der Waals surface area contributed by atoms with Crippen molar-refractivity contribution in [1.29, 1.82) is 0 Å². The summed E-state index contributed by atoms with van der Waals surface area (Å²) in [5, 5.41) is 3.46. The van der Waals surface area contributed by atoms with E-state index >= 15 is 0 Å². The van der Waals surface area contributed by atoms with Gasteiger partial charge in [0, 0.05) is 12.2 Å². The average molecular weight is 316 g/mol. The summed E-state index contributed by atoms with van der Waals surface area (Å²) in [6.45, 7) is 4.41. The Kier molecular flexibility index (Phi) is 6.97. The van der Waals surface area contributed by atoms with Crippen LogP contribution in [0.5, 0.6) is 0 Å². The number of nitrogen functional groups attached to an aromatic ring is 1. The Morgan fingerprint density at radius 1 is 1.33 bits per heavy atom. The quantitative estimate of drug-likeness (QED) is 0.507. The van der Waals surface area contributed by atoms with Crippen LogP contribution in [-0.2, 0) is 0 Å². The molecule has 1 unspecified atom stereocenters. The first-order chi connectivity index (χ1) is 8.71. The van der Waals surface area contributed by atoms with E-state index in [1.807, 2.05) is 0 Å². The van der Waals surface area contributed by atoms with Crippen LogP contribution >= 0.6 is 15.9 Å². The number of nitrogens with zero attached hydrogens (tertiary/aromatic N) is 2. The molecular formula is C12H22BrN5. The van der Waals surface area contributed by atoms with Crippen LogP contribution in [0.15, 0.2) is 10.7 Å². The van der Waals surface area contributed by atoms with Crippen molar-refractivity contribution >= 4 is 27.7 Å². The third kappa shape index (κ3) is 4.78. The number of rotatable bonds is 8. The molecule has 0 aromatic carbocycles. The summed E-state index contributed by atoms with van der Waals surface area (Å²) in [6.07, 6.45) is 7.60. The lowest BCUT2D eigenvalue weighted by Crippen LogP contribution is -2.21. The highest BCUT2D eigenvalue weighted by atomic mass is 79.9. The minimum atomic E-state index is 0.423. The minimum Gasteiger partial charge on any atom is -0.366 e. The smallest absolute Gasteiger partial charge is 0.239 e. The van der Waals surface area contributed by atoms with Crippen LogP contribution in [0.4, 0.5) is 11.8 Å². The van der Waals surface area contributed by atoms with Gasteiger partial charge >= 0.3 is 0 Å². The number of aromatic nitrogens is 2. The molecule has 102 valence electrons. The van der Waals surface area contributed by atoms with Crippen LogP contribution in [0.3, 0.4) is 0 Å². The van der Waals surface area contributed by atoms with Gasteiger partial charge in [-0.1, -0.05) is 33.1 Å². The lowest BCUT2D eigenvalue weighted by atomic mass is 10.1. The number of hydrazine groups is 1. The number of unbranched alkanes of at least 4 members (excludes halogenated alkanes) is 1. The second-order valence-electron chi connectivity index (χ2n) is 4.31. The molecule has 5 nitrogen and oxygen atoms in total. The summed E-state index contributed by atoms with van der Waals surface area (Å²) in [4.78, 5) is 8.35. The summed E-state index contributed by atoms with van der Waals surface area (Å²) in [7, 11) is 0. The molecule has 0 radical (unpaired) electrons. The van der Waals surface area contributed by atoms with Gasteiger partial charge in [-0.15, -0.1) is 0 Å². The maximum atomic E-state index is 5.32. The van der Waals surface area contributed by atoms with Crippen molar-refractivity contribution in [1.82, 2.24) is 9.97 Å². The lowest BCUT2D eigenvalue weighted by Gasteiger charge is -2.19. The second-order valence-corrected chi connectivity index (χ2v) is 5.16. The van der Waals surface area contributed by atoms with Gasteiger partial charge in [0.25, 0.3) is 0 Å². The van der Waals surface area contributed by atoms with Gasteiger partial charge in [0.15, 0.2) is 0 Å². The summed E-state index contributed by atoms with van der Waals surface area (Å²) in [5.74, 6) is 6.54. The van der Waals surface area contributed by atoms with Gasteiger partial charge in [-0.2, -0.15) is 4.98 Å². The Bertz CT molecular complexity index is 358. The molecule has 0 bridgehead atoms. The number of nitrogens with one attached hydrogen (secondary N) is 2. The van der Waals surface area contributed by atoms with Crippen LogP contribution in [0, 0.1) is 0 Å². The van der Waals surface area contributed by atoms with Gasteiger partial charge in [0.05, 0.1) is 4.47 Å². The zero-order valence-electron chi connectivity index (χ0n) is 11.0. The predicted octanol–water partition coefficient (Wildman–Crippen LogP) is 3.30. The van der Waals surface area contributed by atoms with Crippen LogP contribution in [-0.4, -0.2) is 16.0 Å². The summed E-state index contributed by atoms with van der Waals surface area (Å²) >= 11 is 3.45. The van der Waals surface area contributed by atoms with Gasteiger partial charge in [-0.25, -0.2) is 10.8 Å². The van der Waals surface area contributed by atoms with E-state index in [0.29, 0.717) is 12.0 Å². The molecule has 6 heteroatoms. The first-order valence-corrected chi connectivity index (χ1v) is 7.26. The first kappa shape index (κ1) is 15.2. The summed E-state index contributed by atoms with van der Waals surface area (Å²) < 4.78 is 0.860. The van der Waals surface area contributed by atoms with E-state index in [1.54, 1.807) is 6.20 Å². The minimum absolute atomic E-state index is 0.423. The van der Waals surface area contributed by atoms with Crippen molar-refractivity contribution in [3.05, 3.63) is 10.7 Å². The van der Waals surface area contributed by atoms with E-state index in [0.717, 1.165) is 29.6 Å². The molecule has 0 amide bonds. The summed E-state index contributed by atoms with van der Waals surface area (Å²) in [5.41, 5.74) is 2.46. The van der Waals surface area contributed by atoms with E-state index in [-0.39, 0.29) is 0 Å². The van der Waals surface area contributed by atoms with E-state index in [9.17, 15) is 0 Å². The Labute approximate surface area is 117 Å². The van der Waals surface area contributed by atoms with E-state index in [4.69, 9.17) is 5.84 Å². The molecule has 1 rings (SSSR count).